The Morgan fingerprint density at radius 1 is 1.41 bits per heavy atom. The lowest BCUT2D eigenvalue weighted by Gasteiger charge is -2.15. The van der Waals surface area contributed by atoms with E-state index in [1.807, 2.05) is 6.07 Å². The van der Waals surface area contributed by atoms with Crippen LogP contribution in [0.2, 0.25) is 0 Å². The fourth-order valence-electron chi connectivity index (χ4n) is 1.05. The van der Waals surface area contributed by atoms with E-state index in [-0.39, 0.29) is 13.2 Å². The Balaban J connectivity index is 2.43. The maximum atomic E-state index is 10.7. The Hall–Kier alpha value is -1.00. The van der Waals surface area contributed by atoms with Crippen LogP contribution in [0.15, 0.2) is 43.0 Å². The molecule has 1 atom stereocenters. The summed E-state index contributed by atoms with van der Waals surface area (Å²) < 4.78 is 9.88. The lowest BCUT2D eigenvalue weighted by Crippen LogP contribution is -2.11. The van der Waals surface area contributed by atoms with E-state index in [0.29, 0.717) is 5.30 Å². The van der Waals surface area contributed by atoms with Gasteiger partial charge in [-0.15, -0.1) is 0 Å². The monoisotopic (exact) mass is 272 g/mol. The Morgan fingerprint density at radius 3 is 2.65 bits per heavy atom. The second kappa shape index (κ2) is 6.67. The van der Waals surface area contributed by atoms with Crippen LogP contribution in [0, 0.1) is 0 Å². The SMILES string of the molecule is C=CC(=O)OCCOP(O)(=S)c1ccccc1. The van der Waals surface area contributed by atoms with Crippen LogP contribution in [0.3, 0.4) is 0 Å². The number of carbonyl (C=O) groups is 1. The van der Waals surface area contributed by atoms with E-state index >= 15 is 0 Å². The molecule has 0 aliphatic carbocycles. The lowest BCUT2D eigenvalue weighted by atomic mass is 10.4. The predicted molar refractivity (Wildman–Crippen MR) is 69.7 cm³/mol. The van der Waals surface area contributed by atoms with Crippen LogP contribution in [0.4, 0.5) is 0 Å². The molecule has 0 fully saturated rings. The van der Waals surface area contributed by atoms with E-state index in [1.165, 1.54) is 0 Å². The summed E-state index contributed by atoms with van der Waals surface area (Å²) in [5.74, 6) is -0.528. The van der Waals surface area contributed by atoms with Crippen molar-refractivity contribution >= 4 is 29.6 Å². The van der Waals surface area contributed by atoms with Crippen LogP contribution in [-0.2, 0) is 25.9 Å². The molecular weight excluding hydrogens is 259 g/mol. The van der Waals surface area contributed by atoms with Gasteiger partial charge in [-0.3, -0.25) is 0 Å². The van der Waals surface area contributed by atoms with Crippen molar-refractivity contribution in [3.63, 3.8) is 0 Å². The van der Waals surface area contributed by atoms with Gasteiger partial charge >= 0.3 is 5.97 Å². The zero-order valence-corrected chi connectivity index (χ0v) is 10.8. The first kappa shape index (κ1) is 14.1. The first-order chi connectivity index (χ1) is 8.06. The molecule has 0 aliphatic heterocycles. The summed E-state index contributed by atoms with van der Waals surface area (Å²) in [6.45, 7) is 0.356. The highest BCUT2D eigenvalue weighted by atomic mass is 32.5. The number of hydrogen-bond acceptors (Lipinski definition) is 4. The molecule has 92 valence electrons. The fraction of sp³-hybridized carbons (Fsp3) is 0.182. The van der Waals surface area contributed by atoms with Crippen LogP contribution < -0.4 is 5.30 Å². The average Bonchev–Trinajstić information content (AvgIpc) is 2.35. The minimum Gasteiger partial charge on any atom is -0.460 e. The molecule has 1 N–H and O–H groups in total. The Labute approximate surface area is 105 Å². The highest BCUT2D eigenvalue weighted by Gasteiger charge is 2.16. The van der Waals surface area contributed by atoms with Crippen molar-refractivity contribution in [1.82, 2.24) is 0 Å². The number of hydrogen-bond donors (Lipinski definition) is 1. The summed E-state index contributed by atoms with van der Waals surface area (Å²) in [5.41, 5.74) is 0. The second-order valence-corrected chi connectivity index (χ2v) is 6.36. The van der Waals surface area contributed by atoms with E-state index in [4.69, 9.17) is 21.1 Å². The van der Waals surface area contributed by atoms with E-state index in [0.717, 1.165) is 6.08 Å². The first-order valence-electron chi connectivity index (χ1n) is 4.88. The van der Waals surface area contributed by atoms with Crippen molar-refractivity contribution in [3.8, 4) is 0 Å². The zero-order valence-electron chi connectivity index (χ0n) is 9.11. The molecule has 0 radical (unpaired) electrons. The molecule has 6 heteroatoms. The topological polar surface area (TPSA) is 55.8 Å². The third-order valence-corrected chi connectivity index (χ3v) is 4.28. The van der Waals surface area contributed by atoms with Crippen molar-refractivity contribution in [2.75, 3.05) is 13.2 Å². The van der Waals surface area contributed by atoms with Gasteiger partial charge in [-0.2, -0.15) is 0 Å². The van der Waals surface area contributed by atoms with E-state index in [9.17, 15) is 9.69 Å². The van der Waals surface area contributed by atoms with Crippen LogP contribution in [0.25, 0.3) is 0 Å². The summed E-state index contributed by atoms with van der Waals surface area (Å²) in [6.07, 6.45) is 1.06. The maximum absolute atomic E-state index is 10.7. The summed E-state index contributed by atoms with van der Waals surface area (Å²) in [5, 5.41) is 0.574. The van der Waals surface area contributed by atoms with Gasteiger partial charge in [-0.05, 0) is 23.9 Å². The maximum Gasteiger partial charge on any atom is 0.330 e. The Kier molecular flexibility index (Phi) is 5.51. The molecule has 0 bridgehead atoms. The molecule has 0 amide bonds. The largest absolute Gasteiger partial charge is 0.460 e. The van der Waals surface area contributed by atoms with Crippen molar-refractivity contribution in [2.24, 2.45) is 0 Å². The average molecular weight is 272 g/mol. The summed E-state index contributed by atoms with van der Waals surface area (Å²) >= 11 is 5.00. The molecule has 1 rings (SSSR count). The van der Waals surface area contributed by atoms with Crippen LogP contribution in [0.1, 0.15) is 0 Å². The summed E-state index contributed by atoms with van der Waals surface area (Å²) in [4.78, 5) is 20.7. The minimum absolute atomic E-state index is 0.0383. The van der Waals surface area contributed by atoms with E-state index in [1.54, 1.807) is 24.3 Å². The molecule has 0 aromatic heterocycles. The smallest absolute Gasteiger partial charge is 0.330 e. The van der Waals surface area contributed by atoms with Gasteiger partial charge < -0.3 is 14.2 Å². The summed E-state index contributed by atoms with van der Waals surface area (Å²) in [6, 6.07) is 8.78. The standard InChI is InChI=1S/C11H13O4PS/c1-2-11(12)14-8-9-15-16(13,17)10-6-4-3-5-7-10/h2-7H,1,8-9H2,(H,13,17). The number of ether oxygens (including phenoxy) is 1. The molecule has 4 nitrogen and oxygen atoms in total. The number of esters is 1. The Bertz CT molecular complexity index is 432. The normalized spacial score (nSPS) is 13.7. The van der Waals surface area contributed by atoms with Gasteiger partial charge in [0.05, 0.1) is 6.61 Å². The lowest BCUT2D eigenvalue weighted by molar-refractivity contribution is -0.138. The molecule has 17 heavy (non-hydrogen) atoms. The van der Waals surface area contributed by atoms with Crippen molar-refractivity contribution in [3.05, 3.63) is 43.0 Å². The van der Waals surface area contributed by atoms with Gasteiger partial charge in [-0.1, -0.05) is 24.8 Å². The Morgan fingerprint density at radius 2 is 2.06 bits per heavy atom. The minimum atomic E-state index is -3.00. The highest BCUT2D eigenvalue weighted by molar-refractivity contribution is 8.13. The molecule has 0 saturated heterocycles. The van der Waals surface area contributed by atoms with Crippen LogP contribution in [0.5, 0.6) is 0 Å². The molecule has 0 heterocycles. The van der Waals surface area contributed by atoms with Gasteiger partial charge in [0.25, 0.3) is 0 Å². The molecule has 0 saturated carbocycles. The summed E-state index contributed by atoms with van der Waals surface area (Å²) in [7, 11) is 0. The number of carbonyl (C=O) groups excluding carboxylic acids is 1. The van der Waals surface area contributed by atoms with Gasteiger partial charge in [0.2, 0.25) is 6.49 Å². The van der Waals surface area contributed by atoms with E-state index in [2.05, 4.69) is 6.58 Å². The number of rotatable bonds is 6. The van der Waals surface area contributed by atoms with Gasteiger partial charge in [0, 0.05) is 11.4 Å². The molecular formula is C11H13O4PS. The molecule has 0 spiro atoms. The predicted octanol–water partition coefficient (Wildman–Crippen LogP) is 1.36. The van der Waals surface area contributed by atoms with Crippen molar-refractivity contribution in [1.29, 1.82) is 0 Å². The number of benzene rings is 1. The highest BCUT2D eigenvalue weighted by Crippen LogP contribution is 2.40. The fourth-order valence-corrected chi connectivity index (χ4v) is 2.66. The van der Waals surface area contributed by atoms with Crippen molar-refractivity contribution in [2.45, 2.75) is 0 Å². The third kappa shape index (κ3) is 4.79. The molecule has 1 unspecified atom stereocenters. The van der Waals surface area contributed by atoms with Gasteiger partial charge in [0.1, 0.15) is 6.61 Å². The van der Waals surface area contributed by atoms with Crippen molar-refractivity contribution < 1.29 is 18.9 Å². The van der Waals surface area contributed by atoms with Gasteiger partial charge in [0.15, 0.2) is 0 Å². The van der Waals surface area contributed by atoms with Crippen LogP contribution in [-0.4, -0.2) is 24.1 Å². The molecule has 1 aromatic rings. The van der Waals surface area contributed by atoms with E-state index < -0.39 is 12.5 Å². The zero-order chi connectivity index (χ0) is 12.7. The second-order valence-electron chi connectivity index (χ2n) is 3.06. The van der Waals surface area contributed by atoms with Gasteiger partial charge in [-0.25, -0.2) is 4.79 Å². The molecule has 0 aliphatic rings. The van der Waals surface area contributed by atoms with Crippen LogP contribution >= 0.6 is 6.49 Å². The third-order valence-electron chi connectivity index (χ3n) is 1.84. The quantitative estimate of drug-likeness (QED) is 0.367. The molecule has 1 aromatic carbocycles. The first-order valence-corrected chi connectivity index (χ1v) is 7.55.